The van der Waals surface area contributed by atoms with Gasteiger partial charge in [-0.05, 0) is 38.2 Å². The summed E-state index contributed by atoms with van der Waals surface area (Å²) in [6, 6.07) is 4.51. The Hall–Kier alpha value is -0.680. The van der Waals surface area contributed by atoms with Gasteiger partial charge >= 0.3 is 0 Å². The lowest BCUT2D eigenvalue weighted by molar-refractivity contribution is 0.338. The average Bonchev–Trinajstić information content (AvgIpc) is 2.20. The fraction of sp³-hybridized carbons (Fsp3) is 0.455. The van der Waals surface area contributed by atoms with E-state index in [0.717, 1.165) is 12.1 Å². The third-order valence-corrected chi connectivity index (χ3v) is 2.65. The molecule has 5 heteroatoms. The Labute approximate surface area is 100 Å². The lowest BCUT2D eigenvalue weighted by Gasteiger charge is -2.20. The topological polar surface area (TPSA) is 41.3 Å². The van der Waals surface area contributed by atoms with Crippen LogP contribution in [0.1, 0.15) is 5.56 Å². The van der Waals surface area contributed by atoms with Crippen molar-refractivity contribution in [1.29, 1.82) is 0 Å². The lowest BCUT2D eigenvalue weighted by atomic mass is 10.1. The zero-order valence-corrected chi connectivity index (χ0v) is 10.3. The second-order valence-corrected chi connectivity index (χ2v) is 4.47. The molecule has 1 rings (SSSR count). The Morgan fingerprint density at radius 1 is 1.50 bits per heavy atom. The maximum absolute atomic E-state index is 12.8. The van der Waals surface area contributed by atoms with Crippen LogP contribution in [0.2, 0.25) is 5.02 Å². The van der Waals surface area contributed by atoms with Crippen LogP contribution in [0.15, 0.2) is 18.2 Å². The molecule has 1 atom stereocenters. The fourth-order valence-electron chi connectivity index (χ4n) is 1.57. The minimum atomic E-state index is -0.321. The summed E-state index contributed by atoms with van der Waals surface area (Å²) in [4.78, 5) is 2.03. The molecule has 0 aliphatic heterocycles. The highest BCUT2D eigenvalue weighted by atomic mass is 35.5. The van der Waals surface area contributed by atoms with Crippen LogP contribution in [-0.2, 0) is 6.42 Å². The van der Waals surface area contributed by atoms with Gasteiger partial charge in [0.2, 0.25) is 0 Å². The van der Waals surface area contributed by atoms with E-state index in [9.17, 15) is 4.39 Å². The van der Waals surface area contributed by atoms with Crippen LogP contribution in [-0.4, -0.2) is 31.6 Å². The molecule has 0 fully saturated rings. The van der Waals surface area contributed by atoms with Crippen molar-refractivity contribution in [3.05, 3.63) is 34.6 Å². The smallest absolute Gasteiger partial charge is 0.124 e. The van der Waals surface area contributed by atoms with Crippen LogP contribution in [0.5, 0.6) is 0 Å². The number of hydrazine groups is 1. The van der Waals surface area contributed by atoms with E-state index in [1.54, 1.807) is 6.07 Å². The van der Waals surface area contributed by atoms with Crippen LogP contribution in [0, 0.1) is 5.82 Å². The molecule has 0 amide bonds. The Morgan fingerprint density at radius 3 is 2.69 bits per heavy atom. The number of nitrogens with zero attached hydrogens (tertiary/aromatic N) is 1. The first-order valence-corrected chi connectivity index (χ1v) is 5.45. The molecule has 1 aromatic rings. The number of rotatable bonds is 5. The second kappa shape index (κ2) is 6.15. The van der Waals surface area contributed by atoms with Crippen LogP contribution >= 0.6 is 11.6 Å². The van der Waals surface area contributed by atoms with Gasteiger partial charge in [0, 0.05) is 17.6 Å². The second-order valence-electron chi connectivity index (χ2n) is 4.07. The highest BCUT2D eigenvalue weighted by molar-refractivity contribution is 6.31. The van der Waals surface area contributed by atoms with Crippen molar-refractivity contribution in [3.63, 3.8) is 0 Å². The summed E-state index contributed by atoms with van der Waals surface area (Å²) in [6.07, 6.45) is 0.674. The summed E-state index contributed by atoms with van der Waals surface area (Å²) < 4.78 is 12.8. The normalized spacial score (nSPS) is 13.1. The van der Waals surface area contributed by atoms with E-state index in [4.69, 9.17) is 17.4 Å². The molecule has 1 unspecified atom stereocenters. The molecular formula is C11H17ClFN3. The first-order chi connectivity index (χ1) is 7.52. The zero-order valence-electron chi connectivity index (χ0n) is 9.50. The van der Waals surface area contributed by atoms with Crippen molar-refractivity contribution in [2.24, 2.45) is 5.84 Å². The summed E-state index contributed by atoms with van der Waals surface area (Å²) >= 11 is 5.94. The third-order valence-electron chi connectivity index (χ3n) is 2.30. The molecule has 0 aliphatic rings. The number of hydrogen-bond acceptors (Lipinski definition) is 3. The molecule has 0 heterocycles. The van der Waals surface area contributed by atoms with Gasteiger partial charge in [0.25, 0.3) is 0 Å². The molecule has 0 aliphatic carbocycles. The van der Waals surface area contributed by atoms with E-state index in [1.165, 1.54) is 12.1 Å². The van der Waals surface area contributed by atoms with E-state index >= 15 is 0 Å². The predicted molar refractivity (Wildman–Crippen MR) is 64.8 cm³/mol. The number of nitrogens with two attached hydrogens (primary N) is 1. The first-order valence-electron chi connectivity index (χ1n) is 5.07. The van der Waals surface area contributed by atoms with E-state index in [0.29, 0.717) is 11.4 Å². The molecule has 0 radical (unpaired) electrons. The molecule has 3 N–H and O–H groups in total. The van der Waals surface area contributed by atoms with Gasteiger partial charge in [0.1, 0.15) is 5.82 Å². The van der Waals surface area contributed by atoms with Crippen LogP contribution in [0.4, 0.5) is 4.39 Å². The van der Waals surface area contributed by atoms with Crippen LogP contribution in [0.25, 0.3) is 0 Å². The van der Waals surface area contributed by atoms with Crippen molar-refractivity contribution >= 4 is 11.6 Å². The van der Waals surface area contributed by atoms with Crippen LogP contribution in [0.3, 0.4) is 0 Å². The van der Waals surface area contributed by atoms with E-state index in [2.05, 4.69) is 5.43 Å². The van der Waals surface area contributed by atoms with E-state index in [-0.39, 0.29) is 11.9 Å². The molecule has 0 bridgehead atoms. The van der Waals surface area contributed by atoms with Gasteiger partial charge in [0.05, 0.1) is 0 Å². The maximum Gasteiger partial charge on any atom is 0.124 e. The quantitative estimate of drug-likeness (QED) is 0.609. The van der Waals surface area contributed by atoms with Gasteiger partial charge in [-0.2, -0.15) is 0 Å². The summed E-state index contributed by atoms with van der Waals surface area (Å²) in [5.41, 5.74) is 3.63. The van der Waals surface area contributed by atoms with E-state index < -0.39 is 0 Å². The number of hydrogen-bond donors (Lipinski definition) is 2. The molecule has 0 saturated carbocycles. The summed E-state index contributed by atoms with van der Waals surface area (Å²) in [7, 11) is 3.94. The molecule has 16 heavy (non-hydrogen) atoms. The largest absolute Gasteiger partial charge is 0.308 e. The molecule has 0 saturated heterocycles. The number of likely N-dealkylation sites (N-methyl/N-ethyl adjacent to an activating group) is 1. The van der Waals surface area contributed by atoms with Crippen molar-refractivity contribution in [1.82, 2.24) is 10.3 Å². The summed E-state index contributed by atoms with van der Waals surface area (Å²) in [5, 5.41) is 0.444. The standard InChI is InChI=1S/C11H17ClFN3/c1-16(2)7-10(15-14)5-8-3-4-9(13)6-11(8)12/h3-4,6,10,15H,5,7,14H2,1-2H3. The summed E-state index contributed by atoms with van der Waals surface area (Å²) in [6.45, 7) is 0.796. The molecular weight excluding hydrogens is 229 g/mol. The van der Waals surface area contributed by atoms with Gasteiger partial charge in [-0.1, -0.05) is 17.7 Å². The van der Waals surface area contributed by atoms with Crippen molar-refractivity contribution < 1.29 is 4.39 Å². The molecule has 0 aromatic heterocycles. The minimum Gasteiger partial charge on any atom is -0.308 e. The molecule has 90 valence electrons. The Bertz CT molecular complexity index is 344. The van der Waals surface area contributed by atoms with Gasteiger partial charge in [0.15, 0.2) is 0 Å². The highest BCUT2D eigenvalue weighted by Crippen LogP contribution is 2.18. The Kier molecular flexibility index (Phi) is 5.15. The average molecular weight is 246 g/mol. The lowest BCUT2D eigenvalue weighted by Crippen LogP contribution is -2.43. The predicted octanol–water partition coefficient (Wildman–Crippen LogP) is 1.42. The Balaban J connectivity index is 2.70. The van der Waals surface area contributed by atoms with E-state index in [1.807, 2.05) is 19.0 Å². The van der Waals surface area contributed by atoms with Crippen LogP contribution < -0.4 is 11.3 Å². The Morgan fingerprint density at radius 2 is 2.19 bits per heavy atom. The van der Waals surface area contributed by atoms with Crippen molar-refractivity contribution in [2.75, 3.05) is 20.6 Å². The third kappa shape index (κ3) is 4.06. The SMILES string of the molecule is CN(C)CC(Cc1ccc(F)cc1Cl)NN. The summed E-state index contributed by atoms with van der Waals surface area (Å²) in [5.74, 6) is 5.13. The number of benzene rings is 1. The zero-order chi connectivity index (χ0) is 12.1. The van der Waals surface area contributed by atoms with Crippen molar-refractivity contribution in [3.8, 4) is 0 Å². The molecule has 0 spiro atoms. The fourth-order valence-corrected chi connectivity index (χ4v) is 1.81. The van der Waals surface area contributed by atoms with Crippen molar-refractivity contribution in [2.45, 2.75) is 12.5 Å². The monoisotopic (exact) mass is 245 g/mol. The first kappa shape index (κ1) is 13.4. The number of halogens is 2. The molecule has 1 aromatic carbocycles. The maximum atomic E-state index is 12.8. The van der Waals surface area contributed by atoms with Gasteiger partial charge in [-0.3, -0.25) is 11.3 Å². The van der Waals surface area contributed by atoms with Gasteiger partial charge in [-0.15, -0.1) is 0 Å². The minimum absolute atomic E-state index is 0.0953. The molecule has 3 nitrogen and oxygen atoms in total. The van der Waals surface area contributed by atoms with Gasteiger partial charge in [-0.25, -0.2) is 4.39 Å². The highest BCUT2D eigenvalue weighted by Gasteiger charge is 2.11. The van der Waals surface area contributed by atoms with Gasteiger partial charge < -0.3 is 4.90 Å². The number of nitrogens with one attached hydrogen (secondary N) is 1.